The van der Waals surface area contributed by atoms with Crippen LogP contribution in [0.3, 0.4) is 0 Å². The standard InChI is InChI=1S/C16H16BrNO2/c1-11-6-7-13(9-15(11)17)16(19)18-14-5-3-4-12(8-14)10-20-2/h3-9H,10H2,1-2H3,(H,18,19). The smallest absolute Gasteiger partial charge is 0.255 e. The number of halogens is 1. The van der Waals surface area contributed by atoms with Crippen molar-refractivity contribution in [2.75, 3.05) is 12.4 Å². The Balaban J connectivity index is 2.14. The van der Waals surface area contributed by atoms with Crippen LogP contribution in [0.25, 0.3) is 0 Å². The van der Waals surface area contributed by atoms with Crippen LogP contribution >= 0.6 is 15.9 Å². The van der Waals surface area contributed by atoms with Crippen molar-refractivity contribution in [1.82, 2.24) is 0 Å². The lowest BCUT2D eigenvalue weighted by molar-refractivity contribution is 0.102. The van der Waals surface area contributed by atoms with Gasteiger partial charge in [0.1, 0.15) is 0 Å². The molecule has 20 heavy (non-hydrogen) atoms. The van der Waals surface area contributed by atoms with Gasteiger partial charge in [0.15, 0.2) is 0 Å². The van der Waals surface area contributed by atoms with Crippen LogP contribution in [0.1, 0.15) is 21.5 Å². The Hall–Kier alpha value is -1.65. The number of ether oxygens (including phenoxy) is 1. The molecule has 4 heteroatoms. The second-order valence-corrected chi connectivity index (χ2v) is 5.41. The molecule has 0 fully saturated rings. The van der Waals surface area contributed by atoms with Crippen molar-refractivity contribution in [2.45, 2.75) is 13.5 Å². The van der Waals surface area contributed by atoms with Crippen LogP contribution in [0.4, 0.5) is 5.69 Å². The predicted octanol–water partition coefficient (Wildman–Crippen LogP) is 4.16. The highest BCUT2D eigenvalue weighted by Gasteiger charge is 2.08. The summed E-state index contributed by atoms with van der Waals surface area (Å²) < 4.78 is 6.01. The van der Waals surface area contributed by atoms with Gasteiger partial charge in [-0.15, -0.1) is 0 Å². The third kappa shape index (κ3) is 3.68. The maximum absolute atomic E-state index is 12.2. The third-order valence-corrected chi connectivity index (χ3v) is 3.78. The molecule has 0 bridgehead atoms. The average Bonchev–Trinajstić information content (AvgIpc) is 2.42. The number of rotatable bonds is 4. The Morgan fingerprint density at radius 1 is 1.25 bits per heavy atom. The van der Waals surface area contributed by atoms with E-state index in [1.54, 1.807) is 7.11 Å². The second-order valence-electron chi connectivity index (χ2n) is 4.55. The van der Waals surface area contributed by atoms with Gasteiger partial charge >= 0.3 is 0 Å². The molecule has 0 aliphatic carbocycles. The summed E-state index contributed by atoms with van der Waals surface area (Å²) in [6.07, 6.45) is 0. The lowest BCUT2D eigenvalue weighted by Crippen LogP contribution is -2.12. The fourth-order valence-corrected chi connectivity index (χ4v) is 2.22. The number of carbonyl (C=O) groups is 1. The summed E-state index contributed by atoms with van der Waals surface area (Å²) in [5.41, 5.74) is 3.51. The fraction of sp³-hybridized carbons (Fsp3) is 0.188. The first-order valence-electron chi connectivity index (χ1n) is 6.25. The van der Waals surface area contributed by atoms with Gasteiger partial charge in [0.2, 0.25) is 0 Å². The van der Waals surface area contributed by atoms with Gasteiger partial charge in [0, 0.05) is 22.8 Å². The van der Waals surface area contributed by atoms with E-state index in [9.17, 15) is 4.79 Å². The molecule has 1 N–H and O–H groups in total. The van der Waals surface area contributed by atoms with Crippen molar-refractivity contribution in [3.05, 3.63) is 63.6 Å². The number of methoxy groups -OCH3 is 1. The quantitative estimate of drug-likeness (QED) is 0.912. The first-order valence-corrected chi connectivity index (χ1v) is 7.05. The number of benzene rings is 2. The van der Waals surface area contributed by atoms with Crippen molar-refractivity contribution in [3.8, 4) is 0 Å². The molecule has 2 aromatic rings. The zero-order valence-corrected chi connectivity index (χ0v) is 13.0. The monoisotopic (exact) mass is 333 g/mol. The van der Waals surface area contributed by atoms with Gasteiger partial charge in [0.25, 0.3) is 5.91 Å². The summed E-state index contributed by atoms with van der Waals surface area (Å²) in [6, 6.07) is 13.2. The van der Waals surface area contributed by atoms with Crippen molar-refractivity contribution in [3.63, 3.8) is 0 Å². The molecule has 0 atom stereocenters. The minimum absolute atomic E-state index is 0.125. The molecule has 0 unspecified atom stereocenters. The molecule has 0 saturated heterocycles. The zero-order chi connectivity index (χ0) is 14.5. The third-order valence-electron chi connectivity index (χ3n) is 2.93. The van der Waals surface area contributed by atoms with Gasteiger partial charge in [-0.2, -0.15) is 0 Å². The van der Waals surface area contributed by atoms with Gasteiger partial charge in [-0.1, -0.05) is 34.1 Å². The largest absolute Gasteiger partial charge is 0.380 e. The Labute approximate surface area is 127 Å². The van der Waals surface area contributed by atoms with Crippen molar-refractivity contribution < 1.29 is 9.53 Å². The molecule has 0 aromatic heterocycles. The SMILES string of the molecule is COCc1cccc(NC(=O)c2ccc(C)c(Br)c2)c1. The number of hydrogen-bond acceptors (Lipinski definition) is 2. The summed E-state index contributed by atoms with van der Waals surface area (Å²) in [5.74, 6) is -0.125. The molecule has 0 spiro atoms. The van der Waals surface area contributed by atoms with Gasteiger partial charge in [-0.05, 0) is 42.3 Å². The Kier molecular flexibility index (Phi) is 4.93. The Bertz CT molecular complexity index is 626. The summed E-state index contributed by atoms with van der Waals surface area (Å²) in [6.45, 7) is 2.51. The molecule has 2 aromatic carbocycles. The van der Waals surface area contributed by atoms with E-state index in [4.69, 9.17) is 4.74 Å². The van der Waals surface area contributed by atoms with Crippen molar-refractivity contribution >= 4 is 27.5 Å². The van der Waals surface area contributed by atoms with Crippen LogP contribution < -0.4 is 5.32 Å². The minimum Gasteiger partial charge on any atom is -0.380 e. The highest BCUT2D eigenvalue weighted by Crippen LogP contribution is 2.19. The topological polar surface area (TPSA) is 38.3 Å². The first-order chi connectivity index (χ1) is 9.60. The van der Waals surface area contributed by atoms with Crippen molar-refractivity contribution in [2.24, 2.45) is 0 Å². The van der Waals surface area contributed by atoms with E-state index in [1.807, 2.05) is 49.4 Å². The van der Waals surface area contributed by atoms with Crippen LogP contribution in [0.2, 0.25) is 0 Å². The molecular weight excluding hydrogens is 318 g/mol. The van der Waals surface area contributed by atoms with Crippen LogP contribution in [0.15, 0.2) is 46.9 Å². The van der Waals surface area contributed by atoms with Gasteiger partial charge in [0.05, 0.1) is 6.61 Å². The first kappa shape index (κ1) is 14.8. The summed E-state index contributed by atoms with van der Waals surface area (Å²) in [5, 5.41) is 2.89. The molecule has 0 aliphatic heterocycles. The number of hydrogen-bond donors (Lipinski definition) is 1. The van der Waals surface area contributed by atoms with Gasteiger partial charge < -0.3 is 10.1 Å². The second kappa shape index (κ2) is 6.68. The van der Waals surface area contributed by atoms with Crippen LogP contribution in [0, 0.1) is 6.92 Å². The van der Waals surface area contributed by atoms with Crippen LogP contribution in [-0.2, 0) is 11.3 Å². The van der Waals surface area contributed by atoms with E-state index >= 15 is 0 Å². The molecule has 0 aliphatic rings. The van der Waals surface area contributed by atoms with E-state index in [2.05, 4.69) is 21.2 Å². The van der Waals surface area contributed by atoms with E-state index in [1.165, 1.54) is 0 Å². The number of nitrogens with one attached hydrogen (secondary N) is 1. The fourth-order valence-electron chi connectivity index (χ4n) is 1.84. The maximum Gasteiger partial charge on any atom is 0.255 e. The average molecular weight is 334 g/mol. The molecule has 3 nitrogen and oxygen atoms in total. The summed E-state index contributed by atoms with van der Waals surface area (Å²) in [7, 11) is 1.65. The maximum atomic E-state index is 12.2. The number of carbonyl (C=O) groups excluding carboxylic acids is 1. The minimum atomic E-state index is -0.125. The van der Waals surface area contributed by atoms with Gasteiger partial charge in [-0.3, -0.25) is 4.79 Å². The summed E-state index contributed by atoms with van der Waals surface area (Å²) >= 11 is 3.44. The predicted molar refractivity (Wildman–Crippen MR) is 84.0 cm³/mol. The molecule has 2 rings (SSSR count). The lowest BCUT2D eigenvalue weighted by atomic mass is 10.1. The Morgan fingerprint density at radius 2 is 2.05 bits per heavy atom. The van der Waals surface area contributed by atoms with E-state index in [-0.39, 0.29) is 5.91 Å². The highest BCUT2D eigenvalue weighted by molar-refractivity contribution is 9.10. The normalized spacial score (nSPS) is 10.3. The van der Waals surface area contributed by atoms with E-state index in [0.29, 0.717) is 12.2 Å². The zero-order valence-electron chi connectivity index (χ0n) is 11.4. The van der Waals surface area contributed by atoms with Crippen LogP contribution in [-0.4, -0.2) is 13.0 Å². The van der Waals surface area contributed by atoms with Gasteiger partial charge in [-0.25, -0.2) is 0 Å². The number of amides is 1. The summed E-state index contributed by atoms with van der Waals surface area (Å²) in [4.78, 5) is 12.2. The van der Waals surface area contributed by atoms with Crippen LogP contribution in [0.5, 0.6) is 0 Å². The Morgan fingerprint density at radius 3 is 2.75 bits per heavy atom. The molecule has 0 saturated carbocycles. The molecule has 104 valence electrons. The van der Waals surface area contributed by atoms with E-state index < -0.39 is 0 Å². The highest BCUT2D eigenvalue weighted by atomic mass is 79.9. The van der Waals surface area contributed by atoms with E-state index in [0.717, 1.165) is 21.3 Å². The molecular formula is C16H16BrNO2. The lowest BCUT2D eigenvalue weighted by Gasteiger charge is -2.08. The number of anilines is 1. The molecule has 0 radical (unpaired) electrons. The number of aryl methyl sites for hydroxylation is 1. The molecule has 1 amide bonds. The van der Waals surface area contributed by atoms with Crippen molar-refractivity contribution in [1.29, 1.82) is 0 Å². The molecule has 0 heterocycles.